The van der Waals surface area contributed by atoms with Crippen LogP contribution in [0.5, 0.6) is 0 Å². The van der Waals surface area contributed by atoms with Crippen LogP contribution >= 0.6 is 11.6 Å². The van der Waals surface area contributed by atoms with Crippen LogP contribution in [0.15, 0.2) is 0 Å². The van der Waals surface area contributed by atoms with E-state index in [1.807, 2.05) is 0 Å². The predicted molar refractivity (Wildman–Crippen MR) is 81.2 cm³/mol. The van der Waals surface area contributed by atoms with E-state index in [2.05, 4.69) is 6.92 Å². The molecule has 0 amide bonds. The van der Waals surface area contributed by atoms with Gasteiger partial charge in [-0.05, 0) is 6.42 Å². The number of hydrogen-bond acceptors (Lipinski definition) is 2. The maximum Gasteiger partial charge on any atom is 0.151 e. The van der Waals surface area contributed by atoms with Crippen molar-refractivity contribution in [3.63, 3.8) is 0 Å². The third-order valence-corrected chi connectivity index (χ3v) is 5.35. The number of rotatable bonds is 13. The first-order valence-electron chi connectivity index (χ1n) is 7.39. The normalized spacial score (nSPS) is 11.9. The molecule has 0 aromatic heterocycles. The minimum absolute atomic E-state index is 0.131. The fourth-order valence-corrected chi connectivity index (χ4v) is 3.82. The van der Waals surface area contributed by atoms with Gasteiger partial charge in [0.2, 0.25) is 0 Å². The maximum atomic E-state index is 11.4. The summed E-state index contributed by atoms with van der Waals surface area (Å²) in [6.45, 7) is 2.23. The molecule has 0 aromatic carbocycles. The van der Waals surface area contributed by atoms with Crippen molar-refractivity contribution in [2.45, 2.75) is 71.1 Å². The van der Waals surface area contributed by atoms with Crippen LogP contribution in [0.2, 0.25) is 0 Å². The van der Waals surface area contributed by atoms with Crippen LogP contribution in [0.25, 0.3) is 0 Å². The molecule has 0 aromatic rings. The molecule has 0 saturated heterocycles. The van der Waals surface area contributed by atoms with Crippen molar-refractivity contribution >= 4 is 21.4 Å². The number of unbranched alkanes of at least 4 members (excludes halogenated alkanes) is 9. The molecule has 0 spiro atoms. The van der Waals surface area contributed by atoms with Crippen LogP contribution in [0.1, 0.15) is 71.1 Å². The van der Waals surface area contributed by atoms with Gasteiger partial charge in [-0.1, -0.05) is 64.7 Å². The molecule has 0 bridgehead atoms. The van der Waals surface area contributed by atoms with Gasteiger partial charge < -0.3 is 0 Å². The molecule has 0 N–H and O–H groups in total. The van der Waals surface area contributed by atoms with Gasteiger partial charge in [0.25, 0.3) is 0 Å². The lowest BCUT2D eigenvalue weighted by molar-refractivity contribution is 0.558. The van der Waals surface area contributed by atoms with Crippen LogP contribution in [-0.2, 0) is 9.84 Å². The topological polar surface area (TPSA) is 34.1 Å². The molecule has 0 atom stereocenters. The highest BCUT2D eigenvalue weighted by atomic mass is 35.5. The second kappa shape index (κ2) is 12.3. The fourth-order valence-electron chi connectivity index (χ4n) is 2.03. The quantitative estimate of drug-likeness (QED) is 0.369. The molecule has 0 fully saturated rings. The summed E-state index contributed by atoms with van der Waals surface area (Å²) < 4.78 is 22.8. The lowest BCUT2D eigenvalue weighted by Crippen LogP contribution is -2.11. The van der Waals surface area contributed by atoms with Gasteiger partial charge in [-0.2, -0.15) is 0 Å². The number of alkyl halides is 1. The summed E-state index contributed by atoms with van der Waals surface area (Å²) in [5, 5.41) is 0. The molecule has 0 aliphatic heterocycles. The first-order chi connectivity index (χ1) is 8.62. The molecule has 4 heteroatoms. The summed E-state index contributed by atoms with van der Waals surface area (Å²) in [5.41, 5.74) is 0. The first kappa shape index (κ1) is 18.2. The Kier molecular flexibility index (Phi) is 12.4. The minimum atomic E-state index is -2.87. The summed E-state index contributed by atoms with van der Waals surface area (Å²) in [5.74, 6) is 0.669. The SMILES string of the molecule is CCCCCCCCCCCCS(=O)(=O)CCCl. The molecule has 0 radical (unpaired) electrons. The number of halogens is 1. The van der Waals surface area contributed by atoms with Gasteiger partial charge in [-0.3, -0.25) is 0 Å². The highest BCUT2D eigenvalue weighted by molar-refractivity contribution is 7.91. The predicted octanol–water partition coefficient (Wildman–Crippen LogP) is 4.56. The Morgan fingerprint density at radius 1 is 0.722 bits per heavy atom. The summed E-state index contributed by atoms with van der Waals surface area (Å²) in [6.07, 6.45) is 12.3. The van der Waals surface area contributed by atoms with Crippen LogP contribution in [0.4, 0.5) is 0 Å². The smallest absolute Gasteiger partial charge is 0.151 e. The van der Waals surface area contributed by atoms with Gasteiger partial charge in [0.15, 0.2) is 9.84 Å². The second-order valence-corrected chi connectivity index (χ2v) is 7.70. The Hall–Kier alpha value is 0.240. The third kappa shape index (κ3) is 12.7. The lowest BCUT2D eigenvalue weighted by Gasteiger charge is -2.03. The highest BCUT2D eigenvalue weighted by Gasteiger charge is 2.08. The summed E-state index contributed by atoms with van der Waals surface area (Å²) >= 11 is 5.44. The summed E-state index contributed by atoms with van der Waals surface area (Å²) in [4.78, 5) is 0. The van der Waals surface area contributed by atoms with E-state index in [4.69, 9.17) is 11.6 Å². The molecular weight excluding hydrogens is 268 g/mol. The molecule has 18 heavy (non-hydrogen) atoms. The van der Waals surface area contributed by atoms with E-state index in [0.29, 0.717) is 5.75 Å². The second-order valence-electron chi connectivity index (χ2n) is 5.02. The van der Waals surface area contributed by atoms with Crippen LogP contribution in [-0.4, -0.2) is 25.8 Å². The molecule has 110 valence electrons. The van der Waals surface area contributed by atoms with Crippen molar-refractivity contribution < 1.29 is 8.42 Å². The molecule has 0 unspecified atom stereocenters. The Morgan fingerprint density at radius 3 is 1.61 bits per heavy atom. The van der Waals surface area contributed by atoms with Crippen LogP contribution in [0, 0.1) is 0 Å². The van der Waals surface area contributed by atoms with Crippen molar-refractivity contribution in [3.8, 4) is 0 Å². The lowest BCUT2D eigenvalue weighted by atomic mass is 10.1. The van der Waals surface area contributed by atoms with E-state index in [9.17, 15) is 8.42 Å². The molecular formula is C14H29ClO2S. The Balaban J connectivity index is 3.21. The Labute approximate surface area is 118 Å². The number of sulfone groups is 1. The van der Waals surface area contributed by atoms with Gasteiger partial charge in [-0.15, -0.1) is 11.6 Å². The van der Waals surface area contributed by atoms with E-state index in [1.165, 1.54) is 51.4 Å². The van der Waals surface area contributed by atoms with Gasteiger partial charge in [-0.25, -0.2) is 8.42 Å². The van der Waals surface area contributed by atoms with Crippen molar-refractivity contribution in [1.82, 2.24) is 0 Å². The molecule has 0 aliphatic carbocycles. The molecule has 2 nitrogen and oxygen atoms in total. The molecule has 0 aliphatic rings. The highest BCUT2D eigenvalue weighted by Crippen LogP contribution is 2.11. The van der Waals surface area contributed by atoms with E-state index in [1.54, 1.807) is 0 Å². The third-order valence-electron chi connectivity index (χ3n) is 3.20. The van der Waals surface area contributed by atoms with Crippen molar-refractivity contribution in [2.75, 3.05) is 17.4 Å². The van der Waals surface area contributed by atoms with Gasteiger partial charge in [0.1, 0.15) is 0 Å². The average molecular weight is 297 g/mol. The monoisotopic (exact) mass is 296 g/mol. The zero-order chi connectivity index (χ0) is 13.7. The minimum Gasteiger partial charge on any atom is -0.229 e. The van der Waals surface area contributed by atoms with E-state index in [-0.39, 0.29) is 11.6 Å². The summed E-state index contributed by atoms with van der Waals surface area (Å²) in [7, 11) is -2.87. The standard InChI is InChI=1S/C14H29ClO2S/c1-2-3-4-5-6-7-8-9-10-11-13-18(16,17)14-12-15/h2-14H2,1H3. The zero-order valence-electron chi connectivity index (χ0n) is 11.8. The zero-order valence-corrected chi connectivity index (χ0v) is 13.4. The van der Waals surface area contributed by atoms with E-state index in [0.717, 1.165) is 12.8 Å². The maximum absolute atomic E-state index is 11.4. The van der Waals surface area contributed by atoms with Crippen LogP contribution in [0.3, 0.4) is 0 Å². The van der Waals surface area contributed by atoms with E-state index < -0.39 is 9.84 Å². The molecule has 0 saturated carbocycles. The van der Waals surface area contributed by atoms with Gasteiger partial charge in [0, 0.05) is 5.88 Å². The van der Waals surface area contributed by atoms with Crippen molar-refractivity contribution in [1.29, 1.82) is 0 Å². The Morgan fingerprint density at radius 2 is 1.17 bits per heavy atom. The Bertz CT molecular complexity index is 263. The fraction of sp³-hybridized carbons (Fsp3) is 1.00. The summed E-state index contributed by atoms with van der Waals surface area (Å²) in [6, 6.07) is 0. The number of hydrogen-bond donors (Lipinski definition) is 0. The van der Waals surface area contributed by atoms with Crippen molar-refractivity contribution in [2.24, 2.45) is 0 Å². The molecule has 0 rings (SSSR count). The van der Waals surface area contributed by atoms with Crippen molar-refractivity contribution in [3.05, 3.63) is 0 Å². The first-order valence-corrected chi connectivity index (χ1v) is 9.74. The average Bonchev–Trinajstić information content (AvgIpc) is 2.31. The van der Waals surface area contributed by atoms with Gasteiger partial charge >= 0.3 is 0 Å². The van der Waals surface area contributed by atoms with Gasteiger partial charge in [0.05, 0.1) is 11.5 Å². The van der Waals surface area contributed by atoms with E-state index >= 15 is 0 Å². The largest absolute Gasteiger partial charge is 0.229 e. The molecule has 0 heterocycles. The van der Waals surface area contributed by atoms with Crippen LogP contribution < -0.4 is 0 Å².